The highest BCUT2D eigenvalue weighted by molar-refractivity contribution is 5.88. The summed E-state index contributed by atoms with van der Waals surface area (Å²) in [5.41, 5.74) is 8.07. The number of carbonyl (C=O) groups excluding carboxylic acids is 2. The molecule has 4 fully saturated rings. The molecule has 6 aliphatic rings. The molecule has 4 nitrogen and oxygen atoms in total. The number of phenols is 2. The maximum absolute atomic E-state index is 12.2. The van der Waals surface area contributed by atoms with Crippen LogP contribution in [0.4, 0.5) is 0 Å². The Kier molecular flexibility index (Phi) is 5.93. The van der Waals surface area contributed by atoms with Crippen LogP contribution in [0.1, 0.15) is 99.3 Å². The van der Waals surface area contributed by atoms with Gasteiger partial charge in [-0.3, -0.25) is 9.59 Å². The number of Topliss-reactive ketones (excluding diaryl/α,β-unsaturated/α-hetero) is 2. The first-order chi connectivity index (χ1) is 19.2. The van der Waals surface area contributed by atoms with Gasteiger partial charge in [-0.2, -0.15) is 0 Å². The van der Waals surface area contributed by atoms with Gasteiger partial charge in [0.15, 0.2) is 0 Å². The van der Waals surface area contributed by atoms with Crippen LogP contribution in [-0.2, 0) is 22.4 Å². The average molecular weight is 537 g/mol. The summed E-state index contributed by atoms with van der Waals surface area (Å²) in [6.45, 7) is 4.35. The Labute approximate surface area is 237 Å². The highest BCUT2D eigenvalue weighted by atomic mass is 16.3. The van der Waals surface area contributed by atoms with E-state index in [9.17, 15) is 19.8 Å². The minimum Gasteiger partial charge on any atom is -0.508 e. The van der Waals surface area contributed by atoms with E-state index < -0.39 is 0 Å². The summed E-state index contributed by atoms with van der Waals surface area (Å²) in [6.07, 6.45) is 14.2. The number of hydrogen-bond acceptors (Lipinski definition) is 4. The lowest BCUT2D eigenvalue weighted by Crippen LogP contribution is -2.37. The maximum atomic E-state index is 12.2. The summed E-state index contributed by atoms with van der Waals surface area (Å²) in [4.78, 5) is 24.5. The molecule has 4 heteroatoms. The number of carbonyl (C=O) groups is 2. The molecular formula is C36H40O4. The molecule has 40 heavy (non-hydrogen) atoms. The largest absolute Gasteiger partial charge is 0.508 e. The zero-order valence-corrected chi connectivity index (χ0v) is 23.7. The number of benzene rings is 2. The average Bonchev–Trinajstić information content (AvgIpc) is 3.43. The minimum atomic E-state index is -0.100. The van der Waals surface area contributed by atoms with Gasteiger partial charge in [-0.1, -0.05) is 49.3 Å². The molecule has 2 aromatic carbocycles. The first-order valence-corrected chi connectivity index (χ1v) is 15.3. The van der Waals surface area contributed by atoms with Crippen molar-refractivity contribution < 1.29 is 19.8 Å². The molecule has 2 aromatic rings. The van der Waals surface area contributed by atoms with Crippen LogP contribution in [0.25, 0.3) is 0 Å². The first kappa shape index (κ1) is 25.8. The molecule has 4 saturated carbocycles. The van der Waals surface area contributed by atoms with E-state index in [1.165, 1.54) is 33.4 Å². The minimum absolute atomic E-state index is 0.100. The van der Waals surface area contributed by atoms with Crippen LogP contribution >= 0.6 is 0 Å². The van der Waals surface area contributed by atoms with Crippen LogP contribution in [0.5, 0.6) is 11.5 Å². The number of hydrogen-bond donors (Lipinski definition) is 2. The Hall–Kier alpha value is -3.14. The van der Waals surface area contributed by atoms with Gasteiger partial charge >= 0.3 is 0 Å². The Morgan fingerprint density at radius 2 is 1.07 bits per heavy atom. The predicted octanol–water partition coefficient (Wildman–Crippen LogP) is 7.48. The number of aromatic hydroxyl groups is 2. The standard InChI is InChI=1S/2C18H20O2/c2*1-18-9-8-14-13-5-3-12(19)10-11(13)2-4-15(14)16(18)6-7-17(18)20/h2*3-5,10,14,16,19H,2,6-9H2,1H3/t2*14-,16+,18+/m11/s1. The number of rotatable bonds is 0. The molecule has 8 rings (SSSR count). The summed E-state index contributed by atoms with van der Waals surface area (Å²) < 4.78 is 0. The van der Waals surface area contributed by atoms with Gasteiger partial charge in [0, 0.05) is 35.5 Å². The lowest BCUT2D eigenvalue weighted by Gasteiger charge is -2.43. The molecule has 208 valence electrons. The second kappa shape index (κ2) is 9.19. The predicted molar refractivity (Wildman–Crippen MR) is 155 cm³/mol. The Morgan fingerprint density at radius 3 is 1.50 bits per heavy atom. The molecule has 6 atom stereocenters. The molecule has 0 radical (unpaired) electrons. The van der Waals surface area contributed by atoms with Crippen molar-refractivity contribution in [3.63, 3.8) is 0 Å². The quantitative estimate of drug-likeness (QED) is 0.343. The fourth-order valence-electron chi connectivity index (χ4n) is 9.46. The third-order valence-corrected chi connectivity index (χ3v) is 11.8. The van der Waals surface area contributed by atoms with E-state index in [2.05, 4.69) is 38.1 Å². The maximum Gasteiger partial charge on any atom is 0.139 e. The topological polar surface area (TPSA) is 74.6 Å². The van der Waals surface area contributed by atoms with E-state index in [0.29, 0.717) is 46.7 Å². The van der Waals surface area contributed by atoms with Crippen LogP contribution < -0.4 is 0 Å². The number of ketones is 2. The summed E-state index contributed by atoms with van der Waals surface area (Å²) in [7, 11) is 0. The molecule has 0 aromatic heterocycles. The molecular weight excluding hydrogens is 496 g/mol. The van der Waals surface area contributed by atoms with Gasteiger partial charge in [0.25, 0.3) is 0 Å². The van der Waals surface area contributed by atoms with Crippen LogP contribution in [0.3, 0.4) is 0 Å². The smallest absolute Gasteiger partial charge is 0.139 e. The van der Waals surface area contributed by atoms with Crippen molar-refractivity contribution in [1.82, 2.24) is 0 Å². The van der Waals surface area contributed by atoms with Crippen molar-refractivity contribution in [3.8, 4) is 11.5 Å². The highest BCUT2D eigenvalue weighted by Gasteiger charge is 2.53. The highest BCUT2D eigenvalue weighted by Crippen LogP contribution is 2.59. The summed E-state index contributed by atoms with van der Waals surface area (Å²) in [5.74, 6) is 3.52. The SMILES string of the molecule is C[C@]12CC[C@H]3C(=CCc4cc(O)ccc43)[C@@H]1CCC2=O.C[C@]12CC[C@H]3C(=CCc4cc(O)ccc43)[C@@H]1CCC2=O. The Bertz CT molecular complexity index is 1370. The summed E-state index contributed by atoms with van der Waals surface area (Å²) >= 11 is 0. The van der Waals surface area contributed by atoms with Crippen molar-refractivity contribution in [2.45, 2.75) is 89.9 Å². The van der Waals surface area contributed by atoms with Gasteiger partial charge in [-0.25, -0.2) is 0 Å². The zero-order valence-electron chi connectivity index (χ0n) is 23.7. The van der Waals surface area contributed by atoms with E-state index in [-0.39, 0.29) is 10.8 Å². The summed E-state index contributed by atoms with van der Waals surface area (Å²) in [5, 5.41) is 19.3. The van der Waals surface area contributed by atoms with E-state index in [1.807, 2.05) is 12.1 Å². The van der Waals surface area contributed by atoms with Crippen molar-refractivity contribution in [1.29, 1.82) is 0 Å². The van der Waals surface area contributed by atoms with Crippen LogP contribution in [0.2, 0.25) is 0 Å². The third kappa shape index (κ3) is 3.78. The molecule has 0 amide bonds. The van der Waals surface area contributed by atoms with Crippen molar-refractivity contribution >= 4 is 11.6 Å². The second-order valence-electron chi connectivity index (χ2n) is 13.6. The van der Waals surface area contributed by atoms with Crippen LogP contribution in [0, 0.1) is 22.7 Å². The fraction of sp³-hybridized carbons (Fsp3) is 0.500. The second-order valence-corrected chi connectivity index (χ2v) is 13.6. The van der Waals surface area contributed by atoms with E-state index in [0.717, 1.165) is 64.2 Å². The summed E-state index contributed by atoms with van der Waals surface area (Å²) in [6, 6.07) is 11.6. The number of allylic oxidation sites excluding steroid dienone is 4. The van der Waals surface area contributed by atoms with Crippen LogP contribution in [0.15, 0.2) is 59.7 Å². The Morgan fingerprint density at radius 1 is 0.650 bits per heavy atom. The van der Waals surface area contributed by atoms with Crippen molar-refractivity contribution in [2.75, 3.05) is 0 Å². The normalized spacial score (nSPS) is 35.0. The number of fused-ring (bicyclic) bond motifs is 10. The molecule has 6 aliphatic carbocycles. The molecule has 0 spiro atoms. The Balaban J connectivity index is 0.000000132. The van der Waals surface area contributed by atoms with E-state index in [1.54, 1.807) is 12.1 Å². The molecule has 0 bridgehead atoms. The monoisotopic (exact) mass is 536 g/mol. The van der Waals surface area contributed by atoms with Gasteiger partial charge in [-0.05, 0) is 110 Å². The van der Waals surface area contributed by atoms with Crippen molar-refractivity contribution in [3.05, 3.63) is 82.0 Å². The van der Waals surface area contributed by atoms with E-state index >= 15 is 0 Å². The van der Waals surface area contributed by atoms with Crippen LogP contribution in [-0.4, -0.2) is 21.8 Å². The number of phenolic OH excluding ortho intramolecular Hbond substituents is 2. The molecule has 0 unspecified atom stereocenters. The lowest BCUT2D eigenvalue weighted by molar-refractivity contribution is -0.127. The fourth-order valence-corrected chi connectivity index (χ4v) is 9.46. The molecule has 0 saturated heterocycles. The van der Waals surface area contributed by atoms with Gasteiger partial charge in [0.1, 0.15) is 23.1 Å². The van der Waals surface area contributed by atoms with Gasteiger partial charge < -0.3 is 10.2 Å². The first-order valence-electron chi connectivity index (χ1n) is 15.3. The van der Waals surface area contributed by atoms with Gasteiger partial charge in [0.2, 0.25) is 0 Å². The zero-order chi connectivity index (χ0) is 27.8. The van der Waals surface area contributed by atoms with Crippen molar-refractivity contribution in [2.24, 2.45) is 22.7 Å². The van der Waals surface area contributed by atoms with Gasteiger partial charge in [0.05, 0.1) is 0 Å². The molecule has 0 heterocycles. The molecule has 0 aliphatic heterocycles. The van der Waals surface area contributed by atoms with Gasteiger partial charge in [-0.15, -0.1) is 0 Å². The van der Waals surface area contributed by atoms with E-state index in [4.69, 9.17) is 0 Å². The third-order valence-electron chi connectivity index (χ3n) is 11.8. The lowest BCUT2D eigenvalue weighted by atomic mass is 9.60. The molecule has 2 N–H and O–H groups in total.